The molecule has 0 saturated carbocycles. The molecule has 0 bridgehead atoms. The van der Waals surface area contributed by atoms with Crippen molar-refractivity contribution in [3.05, 3.63) is 23.8 Å². The number of likely N-dealkylation sites (tertiary alicyclic amines) is 1. The van der Waals surface area contributed by atoms with Crippen LogP contribution in [0.25, 0.3) is 0 Å². The number of piperidine rings is 1. The second-order valence-electron chi connectivity index (χ2n) is 6.17. The molecule has 0 atom stereocenters. The quantitative estimate of drug-likeness (QED) is 0.742. The fraction of sp³-hybridized carbons (Fsp3) is 0.533. The molecule has 24 heavy (non-hydrogen) atoms. The van der Waals surface area contributed by atoms with Gasteiger partial charge in [0.1, 0.15) is 11.9 Å². The molecule has 9 heteroatoms. The fourth-order valence-electron chi connectivity index (χ4n) is 3.07. The van der Waals surface area contributed by atoms with Crippen LogP contribution in [0.3, 0.4) is 0 Å². The smallest absolute Gasteiger partial charge is 0.324 e. The average Bonchev–Trinajstić information content (AvgIpc) is 2.78. The highest BCUT2D eigenvalue weighted by molar-refractivity contribution is 6.06. The van der Waals surface area contributed by atoms with E-state index in [1.807, 2.05) is 13.0 Å². The maximum Gasteiger partial charge on any atom is 0.324 e. The number of nitrogens with zero attached hydrogens (tertiary/aromatic N) is 4. The molecule has 2 N–H and O–H groups in total. The van der Waals surface area contributed by atoms with Gasteiger partial charge >= 0.3 is 12.1 Å². The number of rotatable bonds is 2. The lowest BCUT2D eigenvalue weighted by Gasteiger charge is -2.37. The van der Waals surface area contributed by atoms with Crippen molar-refractivity contribution in [1.82, 2.24) is 30.4 Å². The summed E-state index contributed by atoms with van der Waals surface area (Å²) < 4.78 is 0. The lowest BCUT2D eigenvalue weighted by molar-refractivity contribution is -0.131. The Bertz CT molecular complexity index is 684. The Kier molecular flexibility index (Phi) is 4.08. The van der Waals surface area contributed by atoms with Crippen LogP contribution in [0.5, 0.6) is 0 Å². The molecule has 128 valence electrons. The van der Waals surface area contributed by atoms with E-state index in [1.165, 1.54) is 13.4 Å². The molecular formula is C15H20N6O3. The van der Waals surface area contributed by atoms with Crippen molar-refractivity contribution in [2.75, 3.05) is 20.1 Å². The minimum atomic E-state index is -0.855. The number of urea groups is 2. The van der Waals surface area contributed by atoms with Crippen LogP contribution in [-0.4, -0.2) is 63.4 Å². The van der Waals surface area contributed by atoms with Gasteiger partial charge < -0.3 is 15.5 Å². The highest BCUT2D eigenvalue weighted by atomic mass is 16.2. The van der Waals surface area contributed by atoms with Gasteiger partial charge in [-0.3, -0.25) is 9.69 Å². The molecule has 0 aromatic carbocycles. The van der Waals surface area contributed by atoms with E-state index in [2.05, 4.69) is 20.6 Å². The molecule has 3 rings (SSSR count). The second-order valence-corrected chi connectivity index (χ2v) is 6.17. The van der Waals surface area contributed by atoms with Crippen LogP contribution >= 0.6 is 0 Å². The van der Waals surface area contributed by atoms with Gasteiger partial charge in [0.15, 0.2) is 0 Å². The molecule has 1 aromatic heterocycles. The minimum Gasteiger partial charge on any atom is -0.332 e. The zero-order valence-corrected chi connectivity index (χ0v) is 13.7. The monoisotopic (exact) mass is 332 g/mol. The summed E-state index contributed by atoms with van der Waals surface area (Å²) in [6, 6.07) is 1.23. The second kappa shape index (κ2) is 6.06. The van der Waals surface area contributed by atoms with Gasteiger partial charge in [-0.1, -0.05) is 0 Å². The van der Waals surface area contributed by atoms with Crippen LogP contribution in [-0.2, 0) is 11.3 Å². The molecule has 2 fully saturated rings. The lowest BCUT2D eigenvalue weighted by atomic mass is 9.87. The number of likely N-dealkylation sites (N-methyl/N-ethyl adjacent to an activating group) is 1. The number of nitrogens with one attached hydrogen (secondary N) is 2. The molecule has 2 saturated heterocycles. The summed E-state index contributed by atoms with van der Waals surface area (Å²) in [6.07, 6.45) is 2.30. The van der Waals surface area contributed by atoms with Gasteiger partial charge in [0, 0.05) is 25.8 Å². The third-order valence-electron chi connectivity index (χ3n) is 4.55. The lowest BCUT2D eigenvalue weighted by Crippen LogP contribution is -2.57. The van der Waals surface area contributed by atoms with E-state index >= 15 is 0 Å². The Morgan fingerprint density at radius 3 is 2.62 bits per heavy atom. The van der Waals surface area contributed by atoms with E-state index in [9.17, 15) is 14.4 Å². The molecule has 0 radical (unpaired) electrons. The van der Waals surface area contributed by atoms with Gasteiger partial charge in [-0.05, 0) is 25.8 Å². The van der Waals surface area contributed by atoms with Crippen molar-refractivity contribution in [3.8, 4) is 0 Å². The summed E-state index contributed by atoms with van der Waals surface area (Å²) in [7, 11) is 1.47. The zero-order chi connectivity index (χ0) is 17.3. The maximum absolute atomic E-state index is 12.3. The van der Waals surface area contributed by atoms with Crippen LogP contribution in [0, 0.1) is 6.92 Å². The number of carbonyl (C=O) groups is 3. The third-order valence-corrected chi connectivity index (χ3v) is 4.55. The van der Waals surface area contributed by atoms with E-state index in [4.69, 9.17) is 0 Å². The van der Waals surface area contributed by atoms with Crippen molar-refractivity contribution >= 4 is 18.0 Å². The van der Waals surface area contributed by atoms with Crippen molar-refractivity contribution in [2.45, 2.75) is 31.8 Å². The van der Waals surface area contributed by atoms with Gasteiger partial charge in [-0.15, -0.1) is 0 Å². The number of hydrogen-bond donors (Lipinski definition) is 2. The van der Waals surface area contributed by atoms with E-state index in [-0.39, 0.29) is 18.0 Å². The Hall–Kier alpha value is -2.71. The zero-order valence-electron chi connectivity index (χ0n) is 13.7. The molecule has 5 amide bonds. The van der Waals surface area contributed by atoms with Crippen LogP contribution in [0.4, 0.5) is 9.59 Å². The SMILES string of the molecule is Cc1cc(CNC(=O)N2CCC3(CC2)NC(=O)N(C)C3=O)ncn1. The van der Waals surface area contributed by atoms with Crippen LogP contribution < -0.4 is 10.6 Å². The van der Waals surface area contributed by atoms with E-state index in [1.54, 1.807) is 4.90 Å². The summed E-state index contributed by atoms with van der Waals surface area (Å²) in [5.41, 5.74) is 0.727. The van der Waals surface area contributed by atoms with Gasteiger partial charge in [0.25, 0.3) is 5.91 Å². The van der Waals surface area contributed by atoms with Crippen molar-refractivity contribution in [3.63, 3.8) is 0 Å². The number of hydrogen-bond acceptors (Lipinski definition) is 5. The Balaban J connectivity index is 1.54. The standard InChI is InChI=1S/C15H20N6O3/c1-10-7-11(18-9-17-10)8-16-13(23)21-5-3-15(4-6-21)12(22)20(2)14(24)19-15/h7,9H,3-6,8H2,1-2H3,(H,16,23)(H,19,24). The number of aryl methyl sites for hydroxylation is 1. The molecule has 2 aliphatic heterocycles. The Morgan fingerprint density at radius 2 is 2.04 bits per heavy atom. The summed E-state index contributed by atoms with van der Waals surface area (Å²) in [4.78, 5) is 47.0. The van der Waals surface area contributed by atoms with Crippen LogP contribution in [0.2, 0.25) is 0 Å². The van der Waals surface area contributed by atoms with Crippen molar-refractivity contribution in [2.24, 2.45) is 0 Å². The number of carbonyl (C=O) groups excluding carboxylic acids is 3. The van der Waals surface area contributed by atoms with Crippen molar-refractivity contribution in [1.29, 1.82) is 0 Å². The van der Waals surface area contributed by atoms with Gasteiger partial charge in [0.05, 0.1) is 12.2 Å². The molecule has 2 aliphatic rings. The first-order valence-electron chi connectivity index (χ1n) is 7.82. The Labute approximate surface area is 139 Å². The third kappa shape index (κ3) is 2.89. The number of amides is 5. The van der Waals surface area contributed by atoms with Gasteiger partial charge in [-0.2, -0.15) is 0 Å². The molecular weight excluding hydrogens is 312 g/mol. The predicted molar refractivity (Wildman–Crippen MR) is 83.8 cm³/mol. The largest absolute Gasteiger partial charge is 0.332 e. The van der Waals surface area contributed by atoms with Gasteiger partial charge in [0.2, 0.25) is 0 Å². The highest BCUT2D eigenvalue weighted by Gasteiger charge is 2.51. The van der Waals surface area contributed by atoms with Crippen LogP contribution in [0.15, 0.2) is 12.4 Å². The van der Waals surface area contributed by atoms with E-state index in [0.29, 0.717) is 32.5 Å². The minimum absolute atomic E-state index is 0.203. The topological polar surface area (TPSA) is 108 Å². The summed E-state index contributed by atoms with van der Waals surface area (Å²) in [5.74, 6) is -0.219. The average molecular weight is 332 g/mol. The summed E-state index contributed by atoms with van der Waals surface area (Å²) in [6.45, 7) is 3.01. The number of imide groups is 1. The molecule has 0 unspecified atom stereocenters. The molecule has 1 aromatic rings. The highest BCUT2D eigenvalue weighted by Crippen LogP contribution is 2.28. The summed E-state index contributed by atoms with van der Waals surface area (Å²) in [5, 5.41) is 5.57. The first-order chi connectivity index (χ1) is 11.4. The van der Waals surface area contributed by atoms with Crippen molar-refractivity contribution < 1.29 is 14.4 Å². The fourth-order valence-corrected chi connectivity index (χ4v) is 3.07. The van der Waals surface area contributed by atoms with Gasteiger partial charge in [-0.25, -0.2) is 19.6 Å². The number of aromatic nitrogens is 2. The molecule has 9 nitrogen and oxygen atoms in total. The predicted octanol–water partition coefficient (Wildman–Crippen LogP) is 0.0108. The Morgan fingerprint density at radius 1 is 1.33 bits per heavy atom. The van der Waals surface area contributed by atoms with Crippen LogP contribution in [0.1, 0.15) is 24.2 Å². The van der Waals surface area contributed by atoms with E-state index in [0.717, 1.165) is 16.3 Å². The molecule has 3 heterocycles. The van der Waals surface area contributed by atoms with E-state index < -0.39 is 5.54 Å². The first kappa shape index (κ1) is 16.2. The molecule has 0 aliphatic carbocycles. The normalized spacial score (nSPS) is 19.6. The maximum atomic E-state index is 12.3. The first-order valence-corrected chi connectivity index (χ1v) is 7.82. The molecule has 1 spiro atoms. The summed E-state index contributed by atoms with van der Waals surface area (Å²) >= 11 is 0.